The lowest BCUT2D eigenvalue weighted by Crippen LogP contribution is -2.30. The number of hydrogen-bond acceptors (Lipinski definition) is 3. The molecule has 0 aromatic carbocycles. The van der Waals surface area contributed by atoms with Gasteiger partial charge in [-0.3, -0.25) is 9.58 Å². The summed E-state index contributed by atoms with van der Waals surface area (Å²) in [5, 5.41) is 5.10. The Hall–Kier alpha value is -0.580. The second-order valence-electron chi connectivity index (χ2n) is 4.75. The highest BCUT2D eigenvalue weighted by atomic mass is 35.5. The topological polar surface area (TPSA) is 30.3 Å². The van der Waals surface area contributed by atoms with E-state index in [9.17, 15) is 0 Å². The second-order valence-corrected chi connectivity index (χ2v) is 5.11. The van der Waals surface area contributed by atoms with E-state index in [1.165, 1.54) is 0 Å². The van der Waals surface area contributed by atoms with E-state index >= 15 is 0 Å². The first-order valence-electron chi connectivity index (χ1n) is 6.10. The van der Waals surface area contributed by atoms with Crippen LogP contribution in [0.2, 0.25) is 5.15 Å². The molecule has 0 aliphatic carbocycles. The van der Waals surface area contributed by atoms with Crippen molar-refractivity contribution in [2.24, 2.45) is 7.05 Å². The molecule has 1 aliphatic rings. The summed E-state index contributed by atoms with van der Waals surface area (Å²) >= 11 is 6.25. The van der Waals surface area contributed by atoms with Crippen LogP contribution in [-0.4, -0.2) is 40.5 Å². The number of nitrogens with zero attached hydrogens (tertiary/aromatic N) is 3. The Morgan fingerprint density at radius 1 is 1.53 bits per heavy atom. The van der Waals surface area contributed by atoms with Crippen LogP contribution in [0.4, 0.5) is 0 Å². The van der Waals surface area contributed by atoms with E-state index in [1.807, 2.05) is 14.0 Å². The van der Waals surface area contributed by atoms with Crippen molar-refractivity contribution in [3.8, 4) is 0 Å². The predicted octanol–water partition coefficient (Wildman–Crippen LogP) is 1.99. The summed E-state index contributed by atoms with van der Waals surface area (Å²) in [5.41, 5.74) is 2.17. The smallest absolute Gasteiger partial charge is 0.131 e. The van der Waals surface area contributed by atoms with Crippen molar-refractivity contribution in [1.29, 1.82) is 0 Å². The monoisotopic (exact) mass is 257 g/mol. The maximum Gasteiger partial charge on any atom is 0.131 e. The average molecular weight is 258 g/mol. The summed E-state index contributed by atoms with van der Waals surface area (Å²) in [7, 11) is 1.88. The molecule has 1 aliphatic heterocycles. The van der Waals surface area contributed by atoms with Crippen molar-refractivity contribution >= 4 is 11.6 Å². The standard InChI is InChI=1S/C12H20ClN3O/c1-9-7-16(5-4-6-17-9)8-11-10(2)14-15(3)12(11)13/h9H,4-8H2,1-3H3. The van der Waals surface area contributed by atoms with Gasteiger partial charge in [0.1, 0.15) is 5.15 Å². The van der Waals surface area contributed by atoms with Gasteiger partial charge < -0.3 is 4.74 Å². The molecule has 1 saturated heterocycles. The molecule has 0 spiro atoms. The number of hydrogen-bond donors (Lipinski definition) is 0. The van der Waals surface area contributed by atoms with E-state index in [2.05, 4.69) is 16.9 Å². The molecule has 0 radical (unpaired) electrons. The molecule has 17 heavy (non-hydrogen) atoms. The molecule has 0 saturated carbocycles. The van der Waals surface area contributed by atoms with Gasteiger partial charge in [-0.2, -0.15) is 5.10 Å². The molecule has 0 amide bonds. The van der Waals surface area contributed by atoms with Gasteiger partial charge in [0.2, 0.25) is 0 Å². The van der Waals surface area contributed by atoms with Gasteiger partial charge in [-0.05, 0) is 20.3 Å². The number of rotatable bonds is 2. The zero-order valence-corrected chi connectivity index (χ0v) is 11.5. The Morgan fingerprint density at radius 2 is 2.29 bits per heavy atom. The molecule has 5 heteroatoms. The SMILES string of the molecule is Cc1nn(C)c(Cl)c1CN1CCCOC(C)C1. The lowest BCUT2D eigenvalue weighted by molar-refractivity contribution is 0.0668. The highest BCUT2D eigenvalue weighted by Crippen LogP contribution is 2.21. The van der Waals surface area contributed by atoms with E-state index in [-0.39, 0.29) is 0 Å². The minimum Gasteiger partial charge on any atom is -0.377 e. The third-order valence-electron chi connectivity index (χ3n) is 3.19. The summed E-state index contributed by atoms with van der Waals surface area (Å²) in [4.78, 5) is 2.40. The maximum atomic E-state index is 6.25. The summed E-state index contributed by atoms with van der Waals surface area (Å²) in [6.45, 7) is 7.89. The zero-order valence-electron chi connectivity index (χ0n) is 10.7. The Morgan fingerprint density at radius 3 is 2.94 bits per heavy atom. The first-order valence-corrected chi connectivity index (χ1v) is 6.47. The van der Waals surface area contributed by atoms with Crippen molar-refractivity contribution in [2.45, 2.75) is 32.9 Å². The number of aryl methyl sites for hydroxylation is 2. The number of ether oxygens (including phenoxy) is 1. The Labute approximate surface area is 107 Å². The van der Waals surface area contributed by atoms with Gasteiger partial charge in [-0.25, -0.2) is 0 Å². The minimum atomic E-state index is 0.299. The van der Waals surface area contributed by atoms with Crippen molar-refractivity contribution < 1.29 is 4.74 Å². The zero-order chi connectivity index (χ0) is 12.4. The van der Waals surface area contributed by atoms with Crippen LogP contribution >= 0.6 is 11.6 Å². The fraction of sp³-hybridized carbons (Fsp3) is 0.750. The molecule has 1 unspecified atom stereocenters. The molecule has 2 heterocycles. The summed E-state index contributed by atoms with van der Waals surface area (Å²) in [6, 6.07) is 0. The van der Waals surface area contributed by atoms with Crippen LogP contribution in [0.3, 0.4) is 0 Å². The van der Waals surface area contributed by atoms with Gasteiger partial charge in [-0.1, -0.05) is 11.6 Å². The van der Waals surface area contributed by atoms with Crippen LogP contribution in [0.15, 0.2) is 0 Å². The molecular weight excluding hydrogens is 238 g/mol. The number of halogens is 1. The lowest BCUT2D eigenvalue weighted by Gasteiger charge is -2.21. The van der Waals surface area contributed by atoms with E-state index in [1.54, 1.807) is 4.68 Å². The molecule has 1 aromatic heterocycles. The van der Waals surface area contributed by atoms with E-state index < -0.39 is 0 Å². The van der Waals surface area contributed by atoms with Crippen LogP contribution < -0.4 is 0 Å². The van der Waals surface area contributed by atoms with Crippen LogP contribution in [0.25, 0.3) is 0 Å². The third-order valence-corrected chi connectivity index (χ3v) is 3.66. The van der Waals surface area contributed by atoms with Gasteiger partial charge in [0.05, 0.1) is 11.8 Å². The van der Waals surface area contributed by atoms with Crippen LogP contribution in [-0.2, 0) is 18.3 Å². The summed E-state index contributed by atoms with van der Waals surface area (Å²) in [6.07, 6.45) is 1.38. The molecule has 0 bridgehead atoms. The van der Waals surface area contributed by atoms with E-state index in [0.717, 1.165) is 49.1 Å². The van der Waals surface area contributed by atoms with Crippen molar-refractivity contribution in [1.82, 2.24) is 14.7 Å². The quantitative estimate of drug-likeness (QED) is 0.812. The van der Waals surface area contributed by atoms with Crippen molar-refractivity contribution in [2.75, 3.05) is 19.7 Å². The Bertz CT molecular complexity index is 391. The molecule has 1 aromatic rings. The first kappa shape index (κ1) is 12.9. The van der Waals surface area contributed by atoms with Crippen molar-refractivity contribution in [3.63, 3.8) is 0 Å². The van der Waals surface area contributed by atoms with Gasteiger partial charge in [0, 0.05) is 38.9 Å². The highest BCUT2D eigenvalue weighted by molar-refractivity contribution is 6.30. The minimum absolute atomic E-state index is 0.299. The van der Waals surface area contributed by atoms with Crippen LogP contribution in [0.1, 0.15) is 24.6 Å². The summed E-state index contributed by atoms with van der Waals surface area (Å²) in [5.74, 6) is 0. The second kappa shape index (κ2) is 5.38. The first-order chi connectivity index (χ1) is 8.08. The molecule has 4 nitrogen and oxygen atoms in total. The highest BCUT2D eigenvalue weighted by Gasteiger charge is 2.19. The average Bonchev–Trinajstić information content (AvgIpc) is 2.46. The molecule has 1 fully saturated rings. The van der Waals surface area contributed by atoms with Gasteiger partial charge in [0.15, 0.2) is 0 Å². The number of aromatic nitrogens is 2. The van der Waals surface area contributed by atoms with Gasteiger partial charge >= 0.3 is 0 Å². The molecule has 0 N–H and O–H groups in total. The maximum absolute atomic E-state index is 6.25. The molecule has 96 valence electrons. The van der Waals surface area contributed by atoms with Gasteiger partial charge in [-0.15, -0.1) is 0 Å². The largest absolute Gasteiger partial charge is 0.377 e. The Kier molecular flexibility index (Phi) is 4.07. The lowest BCUT2D eigenvalue weighted by atomic mass is 10.2. The molecule has 1 atom stereocenters. The predicted molar refractivity (Wildman–Crippen MR) is 68.3 cm³/mol. The fourth-order valence-electron chi connectivity index (χ4n) is 2.30. The normalized spacial score (nSPS) is 22.7. The van der Waals surface area contributed by atoms with Crippen LogP contribution in [0.5, 0.6) is 0 Å². The summed E-state index contributed by atoms with van der Waals surface area (Å²) < 4.78 is 7.38. The van der Waals surface area contributed by atoms with E-state index in [4.69, 9.17) is 16.3 Å². The fourth-order valence-corrected chi connectivity index (χ4v) is 2.54. The van der Waals surface area contributed by atoms with Gasteiger partial charge in [0.25, 0.3) is 0 Å². The Balaban J connectivity index is 2.08. The van der Waals surface area contributed by atoms with E-state index in [0.29, 0.717) is 6.10 Å². The molecular formula is C12H20ClN3O. The van der Waals surface area contributed by atoms with Crippen LogP contribution in [0, 0.1) is 6.92 Å². The molecule has 2 rings (SSSR count). The van der Waals surface area contributed by atoms with Crippen molar-refractivity contribution in [3.05, 3.63) is 16.4 Å². The third kappa shape index (κ3) is 3.00.